The van der Waals surface area contributed by atoms with Crippen LogP contribution in [0.1, 0.15) is 29.7 Å². The highest BCUT2D eigenvalue weighted by Gasteiger charge is 2.32. The van der Waals surface area contributed by atoms with Gasteiger partial charge >= 0.3 is 12.0 Å². The van der Waals surface area contributed by atoms with Crippen LogP contribution >= 0.6 is 23.2 Å². The van der Waals surface area contributed by atoms with Crippen LogP contribution in [-0.2, 0) is 20.9 Å². The number of hydrogen-bond donors (Lipinski definition) is 3. The maximum atomic E-state index is 12.4. The maximum absolute atomic E-state index is 12.4. The van der Waals surface area contributed by atoms with E-state index >= 15 is 0 Å². The SMILES string of the molecule is COC(=O)C1=C(C)NC(=O)N[C@H]1c1ccc(OCC(=O)N/N=C\c2ccc(OCc3ccc(Cl)c(Cl)c3)cc2)c(OC)c1. The summed E-state index contributed by atoms with van der Waals surface area (Å²) in [6, 6.07) is 16.0. The minimum absolute atomic E-state index is 0.250. The fraction of sp³-hybridized carbons (Fsp3) is 0.200. The number of nitrogens with zero attached hydrogens (tertiary/aromatic N) is 1. The fourth-order valence-electron chi connectivity index (χ4n) is 4.11. The Hall–Kier alpha value is -4.74. The van der Waals surface area contributed by atoms with E-state index < -0.39 is 23.9 Å². The lowest BCUT2D eigenvalue weighted by Gasteiger charge is -2.28. The largest absolute Gasteiger partial charge is 0.493 e. The Bertz CT molecular complexity index is 1580. The number of methoxy groups -OCH3 is 2. The van der Waals surface area contributed by atoms with Crippen LogP contribution in [0.2, 0.25) is 10.0 Å². The van der Waals surface area contributed by atoms with Crippen LogP contribution in [0.4, 0.5) is 4.79 Å². The number of ether oxygens (including phenoxy) is 4. The molecule has 13 heteroatoms. The standard InChI is InChI=1S/C30H28Cl2N4O7/c1-17-27(29(38)41-3)28(35-30(39)34-17)20-7-11-24(25(13-20)40-2)43-16-26(37)36-33-14-18-4-8-21(9-5-18)42-15-19-6-10-22(31)23(32)12-19/h4-14,28H,15-16H2,1-3H3,(H,36,37)(H2,34,35,39)/b33-14-/t28-/m0/s1. The third-order valence-corrected chi connectivity index (χ3v) is 6.97. The van der Waals surface area contributed by atoms with Gasteiger partial charge in [-0.25, -0.2) is 15.0 Å². The Morgan fingerprint density at radius 3 is 2.44 bits per heavy atom. The van der Waals surface area contributed by atoms with Crippen molar-refractivity contribution in [3.05, 3.63) is 98.7 Å². The molecule has 43 heavy (non-hydrogen) atoms. The molecule has 11 nitrogen and oxygen atoms in total. The highest BCUT2D eigenvalue weighted by Crippen LogP contribution is 2.34. The van der Waals surface area contributed by atoms with Crippen molar-refractivity contribution in [1.29, 1.82) is 0 Å². The van der Waals surface area contributed by atoms with Crippen molar-refractivity contribution in [3.63, 3.8) is 0 Å². The van der Waals surface area contributed by atoms with Gasteiger partial charge in [0.15, 0.2) is 18.1 Å². The predicted octanol–water partition coefficient (Wildman–Crippen LogP) is 4.91. The van der Waals surface area contributed by atoms with Crippen LogP contribution in [0.5, 0.6) is 17.2 Å². The van der Waals surface area contributed by atoms with Gasteiger partial charge in [-0.2, -0.15) is 5.10 Å². The van der Waals surface area contributed by atoms with Crippen LogP contribution in [0.25, 0.3) is 0 Å². The molecule has 1 aliphatic heterocycles. The van der Waals surface area contributed by atoms with Crippen molar-refractivity contribution < 1.29 is 33.3 Å². The van der Waals surface area contributed by atoms with E-state index in [1.807, 2.05) is 6.07 Å². The van der Waals surface area contributed by atoms with E-state index in [1.54, 1.807) is 61.5 Å². The number of esters is 1. The Morgan fingerprint density at radius 2 is 1.74 bits per heavy atom. The number of nitrogens with one attached hydrogen (secondary N) is 3. The number of allylic oxidation sites excluding steroid dienone is 1. The van der Waals surface area contributed by atoms with Crippen molar-refractivity contribution in [1.82, 2.24) is 16.1 Å². The molecule has 0 saturated carbocycles. The molecule has 0 aliphatic carbocycles. The summed E-state index contributed by atoms with van der Waals surface area (Å²) in [6.45, 7) is 1.59. The number of carbonyl (C=O) groups is 3. The van der Waals surface area contributed by atoms with Gasteiger partial charge in [-0.1, -0.05) is 35.3 Å². The van der Waals surface area contributed by atoms with Crippen molar-refractivity contribution in [2.24, 2.45) is 5.10 Å². The van der Waals surface area contributed by atoms with Gasteiger partial charge in [0, 0.05) is 5.70 Å². The zero-order valence-corrected chi connectivity index (χ0v) is 24.9. The summed E-state index contributed by atoms with van der Waals surface area (Å²) in [6.07, 6.45) is 1.48. The number of hydrogen-bond acceptors (Lipinski definition) is 8. The van der Waals surface area contributed by atoms with Gasteiger partial charge in [0.2, 0.25) is 0 Å². The van der Waals surface area contributed by atoms with E-state index in [0.717, 1.165) is 11.1 Å². The smallest absolute Gasteiger partial charge is 0.337 e. The number of halogens is 2. The molecule has 0 aromatic heterocycles. The summed E-state index contributed by atoms with van der Waals surface area (Å²) in [5, 5.41) is 10.2. The number of hydrazone groups is 1. The number of carbonyl (C=O) groups excluding carboxylic acids is 3. The average molecular weight is 627 g/mol. The Labute approximate surface area is 257 Å². The lowest BCUT2D eigenvalue weighted by Crippen LogP contribution is -2.45. The van der Waals surface area contributed by atoms with Gasteiger partial charge in [-0.15, -0.1) is 0 Å². The second-order valence-corrected chi connectivity index (χ2v) is 9.97. The third-order valence-electron chi connectivity index (χ3n) is 6.23. The van der Waals surface area contributed by atoms with Crippen LogP contribution < -0.4 is 30.3 Å². The Morgan fingerprint density at radius 1 is 0.977 bits per heavy atom. The predicted molar refractivity (Wildman–Crippen MR) is 161 cm³/mol. The summed E-state index contributed by atoms with van der Waals surface area (Å²) in [5.74, 6) is 0.139. The second kappa shape index (κ2) is 14.4. The van der Waals surface area contributed by atoms with Crippen LogP contribution in [0.3, 0.4) is 0 Å². The molecular weight excluding hydrogens is 599 g/mol. The van der Waals surface area contributed by atoms with E-state index in [4.69, 9.17) is 42.1 Å². The summed E-state index contributed by atoms with van der Waals surface area (Å²) < 4.78 is 21.7. The zero-order valence-electron chi connectivity index (χ0n) is 23.4. The molecule has 0 saturated heterocycles. The molecule has 3 amide bonds. The molecule has 3 N–H and O–H groups in total. The molecule has 0 unspecified atom stereocenters. The van der Waals surface area contributed by atoms with Crippen molar-refractivity contribution in [2.75, 3.05) is 20.8 Å². The normalized spacial score (nSPS) is 14.5. The quantitative estimate of drug-likeness (QED) is 0.156. The number of amides is 3. The molecule has 1 atom stereocenters. The summed E-state index contributed by atoms with van der Waals surface area (Å²) >= 11 is 12.0. The molecule has 0 fully saturated rings. The average Bonchev–Trinajstić information content (AvgIpc) is 3.00. The first-order chi connectivity index (χ1) is 20.7. The van der Waals surface area contributed by atoms with Gasteiger partial charge in [0.1, 0.15) is 12.4 Å². The van der Waals surface area contributed by atoms with E-state index in [1.165, 1.54) is 20.4 Å². The van der Waals surface area contributed by atoms with Crippen LogP contribution in [0, 0.1) is 0 Å². The zero-order chi connectivity index (χ0) is 30.9. The van der Waals surface area contributed by atoms with E-state index in [9.17, 15) is 14.4 Å². The minimum atomic E-state index is -0.773. The lowest BCUT2D eigenvalue weighted by atomic mass is 9.95. The van der Waals surface area contributed by atoms with E-state index in [2.05, 4.69) is 21.2 Å². The van der Waals surface area contributed by atoms with Crippen LogP contribution in [0.15, 0.2) is 77.0 Å². The minimum Gasteiger partial charge on any atom is -0.493 e. The molecule has 3 aromatic rings. The lowest BCUT2D eigenvalue weighted by molar-refractivity contribution is -0.136. The maximum Gasteiger partial charge on any atom is 0.337 e. The van der Waals surface area contributed by atoms with Crippen molar-refractivity contribution >= 4 is 47.3 Å². The Kier molecular flexibility index (Phi) is 10.5. The number of urea groups is 1. The monoisotopic (exact) mass is 626 g/mol. The third kappa shape index (κ3) is 8.18. The first-order valence-electron chi connectivity index (χ1n) is 12.8. The topological polar surface area (TPSA) is 137 Å². The molecule has 3 aromatic carbocycles. The van der Waals surface area contributed by atoms with E-state index in [0.29, 0.717) is 39.4 Å². The molecule has 4 rings (SSSR count). The summed E-state index contributed by atoms with van der Waals surface area (Å²) in [4.78, 5) is 36.7. The van der Waals surface area contributed by atoms with Gasteiger partial charge < -0.3 is 29.6 Å². The number of benzene rings is 3. The van der Waals surface area contributed by atoms with Gasteiger partial charge in [-0.3, -0.25) is 4.79 Å². The first-order valence-corrected chi connectivity index (χ1v) is 13.6. The summed E-state index contributed by atoms with van der Waals surface area (Å²) in [5.41, 5.74) is 5.21. The molecular formula is C30H28Cl2N4O7. The molecule has 0 bridgehead atoms. The van der Waals surface area contributed by atoms with Crippen LogP contribution in [-0.4, -0.2) is 44.9 Å². The molecule has 1 aliphatic rings. The molecule has 0 spiro atoms. The summed E-state index contributed by atoms with van der Waals surface area (Å²) in [7, 11) is 2.69. The number of rotatable bonds is 11. The van der Waals surface area contributed by atoms with Gasteiger partial charge in [-0.05, 0) is 72.1 Å². The highest BCUT2D eigenvalue weighted by atomic mass is 35.5. The molecule has 1 heterocycles. The second-order valence-electron chi connectivity index (χ2n) is 9.16. The van der Waals surface area contributed by atoms with Crippen molar-refractivity contribution in [2.45, 2.75) is 19.6 Å². The van der Waals surface area contributed by atoms with Gasteiger partial charge in [0.05, 0.1) is 42.1 Å². The van der Waals surface area contributed by atoms with Gasteiger partial charge in [0.25, 0.3) is 5.91 Å². The van der Waals surface area contributed by atoms with Crippen molar-refractivity contribution in [3.8, 4) is 17.2 Å². The molecule has 0 radical (unpaired) electrons. The Balaban J connectivity index is 1.30. The highest BCUT2D eigenvalue weighted by molar-refractivity contribution is 6.42. The molecule has 224 valence electrons. The van der Waals surface area contributed by atoms with E-state index in [-0.39, 0.29) is 17.9 Å². The fourth-order valence-corrected chi connectivity index (χ4v) is 4.43. The first kappa shape index (κ1) is 31.2.